The lowest BCUT2D eigenvalue weighted by atomic mass is 10.1. The zero-order valence-corrected chi connectivity index (χ0v) is 27.2. The highest BCUT2D eigenvalue weighted by Gasteiger charge is 2.26. The molecule has 5 aromatic rings. The maximum absolute atomic E-state index is 12.4. The van der Waals surface area contributed by atoms with Gasteiger partial charge in [0.25, 0.3) is 30.4 Å². The first-order chi connectivity index (χ1) is 23.0. The molecule has 49 heavy (non-hydrogen) atoms. The number of benzene rings is 4. The molecule has 0 aliphatic heterocycles. The molecule has 0 unspecified atom stereocenters. The Labute approximate surface area is 281 Å². The topological polar surface area (TPSA) is 300 Å². The van der Waals surface area contributed by atoms with E-state index in [0.29, 0.717) is 17.3 Å². The molecule has 4 aromatic carbocycles. The number of halogens is 1. The number of rotatable bonds is 11. The predicted octanol–water partition coefficient (Wildman–Crippen LogP) is 5.02. The molecule has 1 aromatic heterocycles. The third kappa shape index (κ3) is 8.05. The van der Waals surface area contributed by atoms with Gasteiger partial charge in [-0.2, -0.15) is 40.2 Å². The Hall–Kier alpha value is -4.91. The van der Waals surface area contributed by atoms with Crippen LogP contribution in [0.25, 0.3) is 10.8 Å². The van der Waals surface area contributed by atoms with E-state index in [0.717, 1.165) is 24.3 Å². The molecule has 256 valence electrons. The van der Waals surface area contributed by atoms with E-state index >= 15 is 0 Å². The number of aromatic hydroxyl groups is 1. The maximum atomic E-state index is 12.4. The predicted molar refractivity (Wildman–Crippen MR) is 171 cm³/mol. The number of hydrogen-bond acceptors (Lipinski definition) is 16. The summed E-state index contributed by atoms with van der Waals surface area (Å²) in [6.07, 6.45) is 0. The lowest BCUT2D eigenvalue weighted by Crippen LogP contribution is -2.07. The number of azo groups is 1. The maximum Gasteiger partial charge on any atom is 0.296 e. The summed E-state index contributed by atoms with van der Waals surface area (Å²) in [5, 5.41) is 31.8. The molecule has 0 saturated heterocycles. The van der Waals surface area contributed by atoms with Crippen LogP contribution in [-0.2, 0) is 41.8 Å². The number of nitrogens with one attached hydrogen (secondary N) is 2. The van der Waals surface area contributed by atoms with Gasteiger partial charge in [-0.3, -0.25) is 18.9 Å². The van der Waals surface area contributed by atoms with Gasteiger partial charge in [-0.05, 0) is 53.4 Å². The van der Waals surface area contributed by atoms with E-state index in [9.17, 15) is 44.0 Å². The van der Waals surface area contributed by atoms with Crippen LogP contribution in [-0.4, -0.2) is 64.2 Å². The Morgan fingerprint density at radius 1 is 0.735 bits per heavy atom. The summed E-state index contributed by atoms with van der Waals surface area (Å²) in [4.78, 5) is 13.6. The van der Waals surface area contributed by atoms with Crippen molar-refractivity contribution < 1.29 is 54.2 Å². The number of nitrogens with zero attached hydrogens (tertiary/aromatic N) is 5. The van der Waals surface area contributed by atoms with Crippen molar-refractivity contribution >= 4 is 87.4 Å². The third-order valence-corrected chi connectivity index (χ3v) is 9.21. The van der Waals surface area contributed by atoms with Gasteiger partial charge in [-0.15, -0.1) is 10.2 Å². The number of hydrogen-bond donors (Lipinski definition) is 7. The van der Waals surface area contributed by atoms with Crippen molar-refractivity contribution in [1.82, 2.24) is 15.0 Å². The molecule has 0 spiro atoms. The first kappa shape index (κ1) is 35.4. The van der Waals surface area contributed by atoms with Crippen LogP contribution in [0.2, 0.25) is 5.28 Å². The van der Waals surface area contributed by atoms with Crippen molar-refractivity contribution in [3.05, 3.63) is 77.6 Å². The minimum atomic E-state index is -5.26. The van der Waals surface area contributed by atoms with E-state index in [1.807, 2.05) is 0 Å². The molecule has 1 heterocycles. The summed E-state index contributed by atoms with van der Waals surface area (Å²) in [7, 11) is -15.1. The summed E-state index contributed by atoms with van der Waals surface area (Å²) in [5.74, 6) is -1.59. The highest BCUT2D eigenvalue weighted by molar-refractivity contribution is 7.86. The minimum Gasteiger partial charge on any atom is -0.505 e. The van der Waals surface area contributed by atoms with E-state index in [1.54, 1.807) is 24.3 Å². The zero-order chi connectivity index (χ0) is 35.7. The second-order valence-electron chi connectivity index (χ2n) is 9.67. The number of anilines is 4. The minimum absolute atomic E-state index is 0.173. The Kier molecular flexibility index (Phi) is 9.78. The molecule has 0 aliphatic carbocycles. The number of phenolic OH excluding ortho intramolecular Hbond substituents is 1. The number of fused-ring (bicyclic) bond motifs is 1. The number of phenols is 1. The second-order valence-corrected chi connectivity index (χ2v) is 14.2. The van der Waals surface area contributed by atoms with Crippen LogP contribution in [0.1, 0.15) is 5.56 Å². The first-order valence-electron chi connectivity index (χ1n) is 13.0. The Morgan fingerprint density at radius 2 is 1.35 bits per heavy atom. The third-order valence-electron chi connectivity index (χ3n) is 6.44. The Morgan fingerprint density at radius 3 is 1.98 bits per heavy atom. The quantitative estimate of drug-likeness (QED) is 0.0403. The van der Waals surface area contributed by atoms with E-state index in [-0.39, 0.29) is 29.6 Å². The molecular weight excluding hydrogens is 734 g/mol. The average Bonchev–Trinajstić information content (AvgIpc) is 3.00. The highest BCUT2D eigenvalue weighted by atomic mass is 35.5. The van der Waals surface area contributed by atoms with Gasteiger partial charge < -0.3 is 15.7 Å². The van der Waals surface area contributed by atoms with Crippen LogP contribution in [0.4, 0.5) is 34.6 Å². The SMILES string of the molecule is O=S(=O)(O)c1cc(Nc2nc(Cl)nc(Nc3ccccc3COO)n2)c2c(O)c(N=Nc3ccccc3S(=O)(=O)O)c(S(=O)(=O)O)cc2c1. The highest BCUT2D eigenvalue weighted by Crippen LogP contribution is 2.46. The fraction of sp³-hybridized carbons (Fsp3) is 0.0385. The van der Waals surface area contributed by atoms with Gasteiger partial charge in [0.05, 0.1) is 10.6 Å². The van der Waals surface area contributed by atoms with E-state index in [2.05, 4.69) is 40.7 Å². The molecule has 0 radical (unpaired) electrons. The molecule has 0 saturated carbocycles. The molecule has 7 N–H and O–H groups in total. The van der Waals surface area contributed by atoms with E-state index in [1.165, 1.54) is 12.1 Å². The summed E-state index contributed by atoms with van der Waals surface area (Å²) in [6.45, 7) is -0.215. The van der Waals surface area contributed by atoms with Crippen LogP contribution < -0.4 is 10.6 Å². The van der Waals surface area contributed by atoms with Gasteiger partial charge >= 0.3 is 0 Å². The van der Waals surface area contributed by atoms with Crippen LogP contribution in [0.3, 0.4) is 0 Å². The van der Waals surface area contributed by atoms with Gasteiger partial charge in [0.1, 0.15) is 27.8 Å². The van der Waals surface area contributed by atoms with Crippen molar-refractivity contribution in [2.75, 3.05) is 10.6 Å². The largest absolute Gasteiger partial charge is 0.505 e. The van der Waals surface area contributed by atoms with Crippen LogP contribution in [0, 0.1) is 0 Å². The summed E-state index contributed by atoms with van der Waals surface area (Å²) in [6, 6.07) is 13.4. The van der Waals surface area contributed by atoms with Crippen molar-refractivity contribution in [2.24, 2.45) is 10.2 Å². The van der Waals surface area contributed by atoms with E-state index < -0.39 is 72.8 Å². The molecule has 23 heteroatoms. The number of aromatic nitrogens is 3. The van der Waals surface area contributed by atoms with Gasteiger partial charge in [0.15, 0.2) is 5.75 Å². The van der Waals surface area contributed by atoms with Crippen LogP contribution >= 0.6 is 11.6 Å². The summed E-state index contributed by atoms with van der Waals surface area (Å²) in [5.41, 5.74) is -0.964. The molecular formula is C26H20ClN7O12S3. The molecule has 0 bridgehead atoms. The average molecular weight is 754 g/mol. The van der Waals surface area contributed by atoms with Crippen molar-refractivity contribution in [3.63, 3.8) is 0 Å². The molecule has 0 aliphatic rings. The molecule has 0 fully saturated rings. The molecule has 19 nitrogen and oxygen atoms in total. The molecule has 0 atom stereocenters. The molecule has 5 rings (SSSR count). The van der Waals surface area contributed by atoms with Gasteiger partial charge in [0, 0.05) is 16.6 Å². The molecule has 0 amide bonds. The van der Waals surface area contributed by atoms with Crippen LogP contribution in [0.15, 0.2) is 91.6 Å². The van der Waals surface area contributed by atoms with Gasteiger partial charge in [-0.25, -0.2) is 4.89 Å². The summed E-state index contributed by atoms with van der Waals surface area (Å²) < 4.78 is 102. The van der Waals surface area contributed by atoms with Gasteiger partial charge in [-0.1, -0.05) is 30.3 Å². The zero-order valence-electron chi connectivity index (χ0n) is 24.0. The van der Waals surface area contributed by atoms with Crippen LogP contribution in [0.5, 0.6) is 5.75 Å². The second kappa shape index (κ2) is 13.5. The normalized spacial score (nSPS) is 12.4. The van der Waals surface area contributed by atoms with Crippen molar-refractivity contribution in [2.45, 2.75) is 21.3 Å². The summed E-state index contributed by atoms with van der Waals surface area (Å²) >= 11 is 6.10. The fourth-order valence-electron chi connectivity index (χ4n) is 4.40. The monoisotopic (exact) mass is 753 g/mol. The Bertz CT molecular complexity index is 2480. The standard InChI is InChI=1S/C26H20ClN7O12S3/c27-24-30-25(28-16-6-2-1-5-13(16)12-46-36)32-26(31-24)29-18-11-15(47(37,38)39)9-14-10-20(49(43,44)45)22(23(35)21(14)18)34-33-17-7-3-4-8-19(17)48(40,41)42/h1-11,35-36H,12H2,(H,37,38,39)(H,40,41,42)(H,43,44,45)(H2,28,29,30,31,32). The smallest absolute Gasteiger partial charge is 0.296 e. The first-order valence-corrected chi connectivity index (χ1v) is 17.7. The fourth-order valence-corrected chi connectivity index (χ4v) is 6.39. The Balaban J connectivity index is 1.71. The van der Waals surface area contributed by atoms with E-state index in [4.69, 9.17) is 16.9 Å². The number of para-hydroxylation sites is 1. The lowest BCUT2D eigenvalue weighted by molar-refractivity contribution is -0.252. The lowest BCUT2D eigenvalue weighted by Gasteiger charge is -2.15. The van der Waals surface area contributed by atoms with Gasteiger partial charge in [0.2, 0.25) is 17.2 Å². The van der Waals surface area contributed by atoms with Crippen molar-refractivity contribution in [1.29, 1.82) is 0 Å². The van der Waals surface area contributed by atoms with Crippen molar-refractivity contribution in [3.8, 4) is 5.75 Å².